The van der Waals surface area contributed by atoms with Crippen LogP contribution in [0.15, 0.2) is 104 Å². The molecule has 1 unspecified atom stereocenters. The Morgan fingerprint density at radius 2 is 1.24 bits per heavy atom. The standard InChI is InChI=1S/C33H42N2OSi/c1-27(17-16-24-36-37(5,6)32(2,3)4)31-25-35(26-34-31)33(28-18-10-7-11-19-28,29-20-12-8-13-21-29)30-22-14-9-15-23-30/h7-15,18-23,25-27H,16-17,24H2,1-6H3. The van der Waals surface area contributed by atoms with Gasteiger partial charge in [0.05, 0.1) is 12.0 Å². The topological polar surface area (TPSA) is 27.1 Å². The summed E-state index contributed by atoms with van der Waals surface area (Å²) in [5.74, 6) is 0.351. The molecule has 3 nitrogen and oxygen atoms in total. The molecule has 1 atom stereocenters. The van der Waals surface area contributed by atoms with Gasteiger partial charge in [0.25, 0.3) is 0 Å². The number of hydrogen-bond donors (Lipinski definition) is 0. The van der Waals surface area contributed by atoms with Crippen molar-refractivity contribution in [1.82, 2.24) is 9.55 Å². The minimum atomic E-state index is -1.71. The van der Waals surface area contributed by atoms with E-state index in [4.69, 9.17) is 9.41 Å². The molecule has 0 aliphatic rings. The first-order chi connectivity index (χ1) is 17.7. The van der Waals surface area contributed by atoms with Crippen LogP contribution in [0.1, 0.15) is 68.8 Å². The Morgan fingerprint density at radius 1 is 0.784 bits per heavy atom. The molecule has 1 heterocycles. The predicted molar refractivity (Wildman–Crippen MR) is 158 cm³/mol. The van der Waals surface area contributed by atoms with Crippen LogP contribution in [0.2, 0.25) is 18.1 Å². The van der Waals surface area contributed by atoms with Crippen LogP contribution in [-0.2, 0) is 9.96 Å². The molecule has 4 rings (SSSR count). The van der Waals surface area contributed by atoms with Gasteiger partial charge in [0.15, 0.2) is 8.32 Å². The van der Waals surface area contributed by atoms with Crippen molar-refractivity contribution in [1.29, 1.82) is 0 Å². The Hall–Kier alpha value is -2.95. The maximum Gasteiger partial charge on any atom is 0.191 e. The molecule has 4 aromatic rings. The van der Waals surface area contributed by atoms with Gasteiger partial charge in [0.2, 0.25) is 0 Å². The van der Waals surface area contributed by atoms with Gasteiger partial charge < -0.3 is 8.99 Å². The van der Waals surface area contributed by atoms with Crippen molar-refractivity contribution in [2.24, 2.45) is 0 Å². The number of hydrogen-bond acceptors (Lipinski definition) is 2. The molecule has 194 valence electrons. The van der Waals surface area contributed by atoms with E-state index < -0.39 is 13.9 Å². The molecule has 0 fully saturated rings. The van der Waals surface area contributed by atoms with E-state index >= 15 is 0 Å². The predicted octanol–water partition coefficient (Wildman–Crippen LogP) is 8.63. The molecule has 1 aromatic heterocycles. The lowest BCUT2D eigenvalue weighted by Crippen LogP contribution is -2.41. The van der Waals surface area contributed by atoms with E-state index in [0.717, 1.165) is 25.1 Å². The summed E-state index contributed by atoms with van der Waals surface area (Å²) in [6, 6.07) is 32.3. The van der Waals surface area contributed by atoms with Crippen LogP contribution in [0.5, 0.6) is 0 Å². The maximum absolute atomic E-state index is 6.43. The second-order valence-corrected chi connectivity index (χ2v) is 16.5. The van der Waals surface area contributed by atoms with E-state index in [1.165, 1.54) is 16.7 Å². The van der Waals surface area contributed by atoms with E-state index in [-0.39, 0.29) is 5.04 Å². The van der Waals surface area contributed by atoms with Crippen molar-refractivity contribution in [2.75, 3.05) is 6.61 Å². The largest absolute Gasteiger partial charge is 0.417 e. The Labute approximate surface area is 224 Å². The van der Waals surface area contributed by atoms with Gasteiger partial charge in [-0.15, -0.1) is 0 Å². The minimum absolute atomic E-state index is 0.243. The van der Waals surface area contributed by atoms with Crippen LogP contribution in [0.25, 0.3) is 0 Å². The molecule has 0 saturated carbocycles. The van der Waals surface area contributed by atoms with E-state index in [2.05, 4.69) is 143 Å². The Kier molecular flexibility index (Phi) is 8.20. The average molecular weight is 511 g/mol. The van der Waals surface area contributed by atoms with Crippen LogP contribution in [0, 0.1) is 0 Å². The summed E-state index contributed by atoms with van der Waals surface area (Å²) in [5.41, 5.74) is 4.25. The fourth-order valence-electron chi connectivity index (χ4n) is 4.84. The zero-order valence-electron chi connectivity index (χ0n) is 23.3. The van der Waals surface area contributed by atoms with E-state index in [1.54, 1.807) is 0 Å². The highest BCUT2D eigenvalue weighted by Gasteiger charge is 2.39. The normalized spacial score (nSPS) is 13.5. The van der Waals surface area contributed by atoms with Gasteiger partial charge in [0, 0.05) is 12.8 Å². The lowest BCUT2D eigenvalue weighted by Gasteiger charge is -2.37. The molecule has 0 aliphatic carbocycles. The number of imidazole rings is 1. The van der Waals surface area contributed by atoms with Gasteiger partial charge in [-0.3, -0.25) is 0 Å². The summed E-state index contributed by atoms with van der Waals surface area (Å²) < 4.78 is 8.74. The number of nitrogens with zero attached hydrogens (tertiary/aromatic N) is 2. The smallest absolute Gasteiger partial charge is 0.191 e. The fourth-order valence-corrected chi connectivity index (χ4v) is 5.93. The van der Waals surface area contributed by atoms with Crippen molar-refractivity contribution in [3.8, 4) is 0 Å². The third kappa shape index (κ3) is 5.66. The zero-order valence-corrected chi connectivity index (χ0v) is 24.3. The first-order valence-corrected chi connectivity index (χ1v) is 16.4. The Bertz CT molecular complexity index is 1150. The highest BCUT2D eigenvalue weighted by Crippen LogP contribution is 2.41. The lowest BCUT2D eigenvalue weighted by atomic mass is 9.76. The molecule has 37 heavy (non-hydrogen) atoms. The molecule has 0 radical (unpaired) electrons. The van der Waals surface area contributed by atoms with Gasteiger partial charge in [-0.05, 0) is 53.6 Å². The van der Waals surface area contributed by atoms with Gasteiger partial charge in [-0.25, -0.2) is 4.98 Å². The van der Waals surface area contributed by atoms with Crippen LogP contribution < -0.4 is 0 Å². The molecule has 0 aliphatic heterocycles. The molecule has 0 amide bonds. The lowest BCUT2D eigenvalue weighted by molar-refractivity contribution is 0.275. The molecular weight excluding hydrogens is 468 g/mol. The first-order valence-electron chi connectivity index (χ1n) is 13.5. The third-order valence-electron chi connectivity index (χ3n) is 8.12. The van der Waals surface area contributed by atoms with Crippen LogP contribution in [0.4, 0.5) is 0 Å². The Balaban J connectivity index is 1.66. The van der Waals surface area contributed by atoms with Crippen LogP contribution >= 0.6 is 0 Å². The van der Waals surface area contributed by atoms with Gasteiger partial charge in [0.1, 0.15) is 5.54 Å². The van der Waals surface area contributed by atoms with Crippen LogP contribution in [-0.4, -0.2) is 24.5 Å². The minimum Gasteiger partial charge on any atom is -0.417 e. The highest BCUT2D eigenvalue weighted by atomic mass is 28.4. The maximum atomic E-state index is 6.43. The molecule has 3 aromatic carbocycles. The summed E-state index contributed by atoms with van der Waals surface area (Å²) in [6.45, 7) is 14.7. The van der Waals surface area contributed by atoms with Crippen molar-refractivity contribution < 1.29 is 4.43 Å². The number of aromatic nitrogens is 2. The second-order valence-electron chi connectivity index (χ2n) is 11.7. The van der Waals surface area contributed by atoms with E-state index in [9.17, 15) is 0 Å². The SMILES string of the molecule is CC(CCCO[Si](C)(C)C(C)(C)C)c1cn(C(c2ccccc2)(c2ccccc2)c2ccccc2)cn1. The molecule has 4 heteroatoms. The summed E-state index contributed by atoms with van der Waals surface area (Å²) >= 11 is 0. The van der Waals surface area contributed by atoms with Gasteiger partial charge in [-0.1, -0.05) is 119 Å². The molecule has 0 saturated heterocycles. The quantitative estimate of drug-likeness (QED) is 0.121. The van der Waals surface area contributed by atoms with E-state index in [1.807, 2.05) is 6.33 Å². The molecular formula is C33H42N2OSi. The van der Waals surface area contributed by atoms with Crippen molar-refractivity contribution in [3.63, 3.8) is 0 Å². The summed E-state index contributed by atoms with van der Waals surface area (Å²) in [5, 5.41) is 0.243. The molecule has 0 N–H and O–H groups in total. The van der Waals surface area contributed by atoms with E-state index in [0.29, 0.717) is 5.92 Å². The van der Waals surface area contributed by atoms with Crippen molar-refractivity contribution in [3.05, 3.63) is 126 Å². The Morgan fingerprint density at radius 3 is 1.68 bits per heavy atom. The van der Waals surface area contributed by atoms with Gasteiger partial charge in [-0.2, -0.15) is 0 Å². The van der Waals surface area contributed by atoms with Crippen LogP contribution in [0.3, 0.4) is 0 Å². The fraction of sp³-hybridized carbons (Fsp3) is 0.364. The highest BCUT2D eigenvalue weighted by molar-refractivity contribution is 6.74. The number of benzene rings is 3. The summed E-state index contributed by atoms with van der Waals surface area (Å²) in [6.07, 6.45) is 6.37. The molecule has 0 spiro atoms. The first kappa shape index (κ1) is 27.1. The zero-order chi connectivity index (χ0) is 26.5. The molecule has 0 bridgehead atoms. The van der Waals surface area contributed by atoms with Crippen molar-refractivity contribution in [2.45, 2.75) is 70.1 Å². The van der Waals surface area contributed by atoms with Crippen molar-refractivity contribution >= 4 is 8.32 Å². The third-order valence-corrected chi connectivity index (χ3v) is 12.7. The monoisotopic (exact) mass is 510 g/mol. The average Bonchev–Trinajstić information content (AvgIpc) is 3.39. The summed E-state index contributed by atoms with van der Waals surface area (Å²) in [4.78, 5) is 4.96. The second kappa shape index (κ2) is 11.2. The number of rotatable bonds is 10. The van der Waals surface area contributed by atoms with Gasteiger partial charge >= 0.3 is 0 Å². The summed E-state index contributed by atoms with van der Waals surface area (Å²) in [7, 11) is -1.71.